The minimum absolute atomic E-state index is 0.0394. The number of anilines is 1. The highest BCUT2D eigenvalue weighted by atomic mass is 16.4. The van der Waals surface area contributed by atoms with E-state index in [1.54, 1.807) is 13.8 Å². The molecule has 0 saturated carbocycles. The summed E-state index contributed by atoms with van der Waals surface area (Å²) in [4.78, 5) is 10.8. The van der Waals surface area contributed by atoms with Crippen LogP contribution in [0.15, 0.2) is 12.1 Å². The lowest BCUT2D eigenvalue weighted by Gasteiger charge is -2.14. The Morgan fingerprint density at radius 2 is 1.93 bits per heavy atom. The molecule has 0 saturated heterocycles. The van der Waals surface area contributed by atoms with Crippen LogP contribution in [0.5, 0.6) is 11.5 Å². The molecule has 0 aliphatic carbocycles. The van der Waals surface area contributed by atoms with Gasteiger partial charge in [0.1, 0.15) is 0 Å². The van der Waals surface area contributed by atoms with E-state index in [9.17, 15) is 15.0 Å². The van der Waals surface area contributed by atoms with Crippen LogP contribution in [-0.4, -0.2) is 27.3 Å². The van der Waals surface area contributed by atoms with E-state index in [-0.39, 0.29) is 23.0 Å². The van der Waals surface area contributed by atoms with Gasteiger partial charge < -0.3 is 20.6 Å². The Kier molecular flexibility index (Phi) is 3.04. The first-order chi connectivity index (χ1) is 6.93. The minimum Gasteiger partial charge on any atom is -0.504 e. The predicted molar refractivity (Wildman–Crippen MR) is 55.5 cm³/mol. The normalized spacial score (nSPS) is 10.3. The number of hydrogen-bond acceptors (Lipinski definition) is 4. The van der Waals surface area contributed by atoms with Crippen molar-refractivity contribution in [3.63, 3.8) is 0 Å². The van der Waals surface area contributed by atoms with Gasteiger partial charge in [-0.25, -0.2) is 4.79 Å². The van der Waals surface area contributed by atoms with Gasteiger partial charge in [0, 0.05) is 6.04 Å². The van der Waals surface area contributed by atoms with E-state index >= 15 is 0 Å². The number of phenolic OH excluding ortho intramolecular Hbond substituents is 2. The molecule has 5 heteroatoms. The Labute approximate surface area is 87.0 Å². The number of carboxylic acids is 1. The topological polar surface area (TPSA) is 89.8 Å². The van der Waals surface area contributed by atoms with Crippen LogP contribution in [0, 0.1) is 0 Å². The number of phenols is 2. The average Bonchev–Trinajstić information content (AvgIpc) is 2.12. The first-order valence-electron chi connectivity index (χ1n) is 4.48. The molecule has 0 bridgehead atoms. The van der Waals surface area contributed by atoms with Crippen molar-refractivity contribution in [2.24, 2.45) is 0 Å². The summed E-state index contributed by atoms with van der Waals surface area (Å²) < 4.78 is 0. The zero-order chi connectivity index (χ0) is 11.6. The minimum atomic E-state index is -1.16. The maximum atomic E-state index is 10.8. The lowest BCUT2D eigenvalue weighted by molar-refractivity contribution is 0.0697. The highest BCUT2D eigenvalue weighted by Gasteiger charge is 2.17. The molecule has 0 amide bonds. The molecule has 0 unspecified atom stereocenters. The maximum absolute atomic E-state index is 10.8. The van der Waals surface area contributed by atoms with Gasteiger partial charge >= 0.3 is 5.97 Å². The van der Waals surface area contributed by atoms with Crippen LogP contribution >= 0.6 is 0 Å². The van der Waals surface area contributed by atoms with Crippen molar-refractivity contribution in [1.29, 1.82) is 0 Å². The molecule has 82 valence electrons. The van der Waals surface area contributed by atoms with Crippen LogP contribution in [0.25, 0.3) is 0 Å². The number of carbonyl (C=O) groups is 1. The summed E-state index contributed by atoms with van der Waals surface area (Å²) in [7, 11) is 0. The van der Waals surface area contributed by atoms with Crippen molar-refractivity contribution < 1.29 is 20.1 Å². The number of nitrogens with one attached hydrogen (secondary N) is 1. The van der Waals surface area contributed by atoms with E-state index < -0.39 is 11.7 Å². The molecule has 5 nitrogen and oxygen atoms in total. The SMILES string of the molecule is CC(C)Nc1c(C(=O)O)ccc(O)c1O. The summed E-state index contributed by atoms with van der Waals surface area (Å²) in [6.07, 6.45) is 0. The molecule has 4 N–H and O–H groups in total. The Hall–Kier alpha value is -1.91. The smallest absolute Gasteiger partial charge is 0.337 e. The van der Waals surface area contributed by atoms with Crippen molar-refractivity contribution in [2.75, 3.05) is 5.32 Å². The third kappa shape index (κ3) is 2.31. The standard InChI is InChI=1S/C10H13NO4/c1-5(2)11-8-6(10(14)15)3-4-7(12)9(8)13/h3-5,11-13H,1-2H3,(H,14,15). The molecule has 0 fully saturated rings. The number of rotatable bonds is 3. The summed E-state index contributed by atoms with van der Waals surface area (Å²) in [6.45, 7) is 3.60. The maximum Gasteiger partial charge on any atom is 0.337 e. The first-order valence-corrected chi connectivity index (χ1v) is 4.48. The molecule has 0 atom stereocenters. The van der Waals surface area contributed by atoms with Gasteiger partial charge in [0.25, 0.3) is 0 Å². The molecule has 1 aromatic rings. The third-order valence-electron chi connectivity index (χ3n) is 1.82. The Morgan fingerprint density at radius 1 is 1.33 bits per heavy atom. The molecule has 0 aliphatic heterocycles. The highest BCUT2D eigenvalue weighted by molar-refractivity contribution is 5.96. The molecule has 0 aliphatic rings. The van der Waals surface area contributed by atoms with Crippen LogP contribution in [0.2, 0.25) is 0 Å². The summed E-state index contributed by atoms with van der Waals surface area (Å²) in [5.74, 6) is -1.94. The van der Waals surface area contributed by atoms with Crippen molar-refractivity contribution >= 4 is 11.7 Å². The second-order valence-electron chi connectivity index (χ2n) is 3.46. The lowest BCUT2D eigenvalue weighted by Crippen LogP contribution is -2.13. The van der Waals surface area contributed by atoms with Gasteiger partial charge in [0.2, 0.25) is 0 Å². The van der Waals surface area contributed by atoms with E-state index in [0.717, 1.165) is 6.07 Å². The zero-order valence-electron chi connectivity index (χ0n) is 8.48. The van der Waals surface area contributed by atoms with E-state index in [0.29, 0.717) is 0 Å². The third-order valence-corrected chi connectivity index (χ3v) is 1.82. The van der Waals surface area contributed by atoms with Crippen molar-refractivity contribution in [3.05, 3.63) is 17.7 Å². The number of aromatic carboxylic acids is 1. The molecular weight excluding hydrogens is 198 g/mol. The van der Waals surface area contributed by atoms with Gasteiger partial charge in [-0.15, -0.1) is 0 Å². The van der Waals surface area contributed by atoms with Crippen LogP contribution < -0.4 is 5.32 Å². The van der Waals surface area contributed by atoms with Gasteiger partial charge in [-0.1, -0.05) is 0 Å². The van der Waals surface area contributed by atoms with E-state index in [2.05, 4.69) is 5.32 Å². The molecule has 0 radical (unpaired) electrons. The summed E-state index contributed by atoms with van der Waals surface area (Å²) >= 11 is 0. The molecule has 15 heavy (non-hydrogen) atoms. The molecule has 0 spiro atoms. The fourth-order valence-corrected chi connectivity index (χ4v) is 1.19. The summed E-state index contributed by atoms with van der Waals surface area (Å²) in [6, 6.07) is 2.34. The van der Waals surface area contributed by atoms with Gasteiger partial charge in [-0.2, -0.15) is 0 Å². The highest BCUT2D eigenvalue weighted by Crippen LogP contribution is 2.36. The van der Waals surface area contributed by atoms with Crippen molar-refractivity contribution in [3.8, 4) is 11.5 Å². The first kappa shape index (κ1) is 11.2. The molecule has 0 heterocycles. The Bertz CT molecular complexity index is 387. The van der Waals surface area contributed by atoms with Crippen LogP contribution in [-0.2, 0) is 0 Å². The second kappa shape index (κ2) is 4.08. The fraction of sp³-hybridized carbons (Fsp3) is 0.300. The predicted octanol–water partition coefficient (Wildman–Crippen LogP) is 1.62. The number of benzene rings is 1. The molecule has 1 aromatic carbocycles. The molecule has 1 rings (SSSR count). The van der Waals surface area contributed by atoms with E-state index in [1.165, 1.54) is 6.07 Å². The van der Waals surface area contributed by atoms with Gasteiger partial charge in [-0.05, 0) is 26.0 Å². The lowest BCUT2D eigenvalue weighted by atomic mass is 10.1. The average molecular weight is 211 g/mol. The fourth-order valence-electron chi connectivity index (χ4n) is 1.19. The summed E-state index contributed by atoms with van der Waals surface area (Å²) in [5, 5.41) is 30.4. The van der Waals surface area contributed by atoms with Crippen LogP contribution in [0.1, 0.15) is 24.2 Å². The number of carboxylic acid groups (broad SMARTS) is 1. The van der Waals surface area contributed by atoms with Gasteiger partial charge in [-0.3, -0.25) is 0 Å². The Morgan fingerprint density at radius 3 is 2.40 bits per heavy atom. The van der Waals surface area contributed by atoms with Crippen LogP contribution in [0.3, 0.4) is 0 Å². The Balaban J connectivity index is 3.28. The van der Waals surface area contributed by atoms with Crippen molar-refractivity contribution in [2.45, 2.75) is 19.9 Å². The quantitative estimate of drug-likeness (QED) is 0.570. The van der Waals surface area contributed by atoms with Crippen molar-refractivity contribution in [1.82, 2.24) is 0 Å². The summed E-state index contributed by atoms with van der Waals surface area (Å²) in [5.41, 5.74) is -0.0310. The number of hydrogen-bond donors (Lipinski definition) is 4. The van der Waals surface area contributed by atoms with Gasteiger partial charge in [0.05, 0.1) is 11.3 Å². The van der Waals surface area contributed by atoms with E-state index in [4.69, 9.17) is 5.11 Å². The van der Waals surface area contributed by atoms with Gasteiger partial charge in [0.15, 0.2) is 11.5 Å². The monoisotopic (exact) mass is 211 g/mol. The number of aromatic hydroxyl groups is 2. The van der Waals surface area contributed by atoms with E-state index in [1.807, 2.05) is 0 Å². The molecular formula is C10H13NO4. The zero-order valence-corrected chi connectivity index (χ0v) is 8.48. The largest absolute Gasteiger partial charge is 0.504 e. The second-order valence-corrected chi connectivity index (χ2v) is 3.46. The van der Waals surface area contributed by atoms with Crippen LogP contribution in [0.4, 0.5) is 5.69 Å². The molecule has 0 aromatic heterocycles.